The van der Waals surface area contributed by atoms with E-state index in [1.165, 1.54) is 17.4 Å². The lowest BCUT2D eigenvalue weighted by molar-refractivity contribution is 0.0599. The van der Waals surface area contributed by atoms with Crippen molar-refractivity contribution in [3.05, 3.63) is 39.6 Å². The number of hydrogen-bond acceptors (Lipinski definition) is 4. The molecule has 3 rings (SSSR count). The van der Waals surface area contributed by atoms with Crippen molar-refractivity contribution in [2.24, 2.45) is 0 Å². The van der Waals surface area contributed by atoms with Gasteiger partial charge in [0.2, 0.25) is 0 Å². The van der Waals surface area contributed by atoms with Gasteiger partial charge in [0, 0.05) is 37.8 Å². The van der Waals surface area contributed by atoms with Gasteiger partial charge in [-0.2, -0.15) is 0 Å². The number of piperazine rings is 1. The van der Waals surface area contributed by atoms with E-state index in [1.54, 1.807) is 12.1 Å². The minimum absolute atomic E-state index is 0.0258. The van der Waals surface area contributed by atoms with Crippen LogP contribution in [-0.2, 0) is 0 Å². The summed E-state index contributed by atoms with van der Waals surface area (Å²) in [6.07, 6.45) is 0. The summed E-state index contributed by atoms with van der Waals surface area (Å²) in [7, 11) is 0. The van der Waals surface area contributed by atoms with Gasteiger partial charge in [-0.3, -0.25) is 9.69 Å². The van der Waals surface area contributed by atoms with E-state index in [0.29, 0.717) is 21.6 Å². The third-order valence-electron chi connectivity index (χ3n) is 4.49. The third-order valence-corrected chi connectivity index (χ3v) is 5.97. The molecule has 0 N–H and O–H groups in total. The molecule has 1 amide bonds. The molecule has 1 aliphatic heterocycles. The lowest BCUT2D eigenvalue weighted by Crippen LogP contribution is -2.50. The monoisotopic (exact) mass is 381 g/mol. The Balaban J connectivity index is 1.78. The van der Waals surface area contributed by atoms with Crippen LogP contribution in [0.1, 0.15) is 29.2 Å². The predicted octanol–water partition coefficient (Wildman–Crippen LogP) is 4.08. The second-order valence-electron chi connectivity index (χ2n) is 6.48. The standard InChI is InChI=1S/C18H21ClFN3OS/c1-11(2)22-6-8-23(9-7-22)18(24)16-12(3)21-17(25-16)13-4-5-15(20)14(19)10-13/h4-5,10-11H,6-9H2,1-3H3. The van der Waals surface area contributed by atoms with Crippen LogP contribution in [-0.4, -0.2) is 52.9 Å². The van der Waals surface area contributed by atoms with Crippen LogP contribution in [0.4, 0.5) is 4.39 Å². The Morgan fingerprint density at radius 1 is 1.28 bits per heavy atom. The highest BCUT2D eigenvalue weighted by molar-refractivity contribution is 7.17. The Hall–Kier alpha value is -1.50. The van der Waals surface area contributed by atoms with E-state index >= 15 is 0 Å². The lowest BCUT2D eigenvalue weighted by atomic mass is 10.2. The van der Waals surface area contributed by atoms with Crippen molar-refractivity contribution in [3.63, 3.8) is 0 Å². The minimum Gasteiger partial charge on any atom is -0.335 e. The molecule has 25 heavy (non-hydrogen) atoms. The van der Waals surface area contributed by atoms with E-state index in [0.717, 1.165) is 31.7 Å². The summed E-state index contributed by atoms with van der Waals surface area (Å²) in [5.41, 5.74) is 1.43. The molecule has 0 atom stereocenters. The normalized spacial score (nSPS) is 15.8. The summed E-state index contributed by atoms with van der Waals surface area (Å²) in [6, 6.07) is 5.00. The van der Waals surface area contributed by atoms with E-state index in [1.807, 2.05) is 11.8 Å². The first-order chi connectivity index (χ1) is 11.9. The predicted molar refractivity (Wildman–Crippen MR) is 99.9 cm³/mol. The maximum atomic E-state index is 13.3. The summed E-state index contributed by atoms with van der Waals surface area (Å²) in [6.45, 7) is 9.42. The number of carbonyl (C=O) groups is 1. The quantitative estimate of drug-likeness (QED) is 0.803. The molecule has 0 spiro atoms. The van der Waals surface area contributed by atoms with Gasteiger partial charge in [0.05, 0.1) is 10.7 Å². The Bertz CT molecular complexity index is 785. The summed E-state index contributed by atoms with van der Waals surface area (Å²) in [5, 5.41) is 0.742. The van der Waals surface area contributed by atoms with Gasteiger partial charge < -0.3 is 4.90 Å². The van der Waals surface area contributed by atoms with Crippen LogP contribution in [0.3, 0.4) is 0 Å². The maximum absolute atomic E-state index is 13.3. The molecule has 134 valence electrons. The first kappa shape index (κ1) is 18.3. The molecular formula is C18H21ClFN3OS. The number of amides is 1. The molecule has 2 heterocycles. The molecule has 1 aromatic heterocycles. The molecule has 1 aliphatic rings. The smallest absolute Gasteiger partial charge is 0.265 e. The molecule has 1 saturated heterocycles. The summed E-state index contributed by atoms with van der Waals surface area (Å²) >= 11 is 7.19. The molecule has 0 saturated carbocycles. The van der Waals surface area contributed by atoms with Gasteiger partial charge in [-0.1, -0.05) is 11.6 Å². The van der Waals surface area contributed by atoms with Crippen LogP contribution in [0, 0.1) is 12.7 Å². The third kappa shape index (κ3) is 3.86. The number of aromatic nitrogens is 1. The zero-order valence-electron chi connectivity index (χ0n) is 14.6. The molecule has 4 nitrogen and oxygen atoms in total. The van der Waals surface area contributed by atoms with E-state index < -0.39 is 5.82 Å². The number of carbonyl (C=O) groups excluding carboxylic acids is 1. The van der Waals surface area contributed by atoms with E-state index in [2.05, 4.69) is 23.7 Å². The highest BCUT2D eigenvalue weighted by atomic mass is 35.5. The molecule has 0 bridgehead atoms. The first-order valence-corrected chi connectivity index (χ1v) is 9.52. The van der Waals surface area contributed by atoms with Crippen molar-refractivity contribution in [2.75, 3.05) is 26.2 Å². The molecule has 0 unspecified atom stereocenters. The van der Waals surface area contributed by atoms with E-state index in [4.69, 9.17) is 11.6 Å². The minimum atomic E-state index is -0.460. The highest BCUT2D eigenvalue weighted by Crippen LogP contribution is 2.31. The average molecular weight is 382 g/mol. The number of aryl methyl sites for hydroxylation is 1. The zero-order valence-corrected chi connectivity index (χ0v) is 16.1. The fraction of sp³-hybridized carbons (Fsp3) is 0.444. The number of hydrogen-bond donors (Lipinski definition) is 0. The SMILES string of the molecule is Cc1nc(-c2ccc(F)c(Cl)c2)sc1C(=O)N1CCN(C(C)C)CC1. The molecule has 7 heteroatoms. The second-order valence-corrected chi connectivity index (χ2v) is 7.89. The number of nitrogens with zero attached hydrogens (tertiary/aromatic N) is 3. The number of rotatable bonds is 3. The second kappa shape index (κ2) is 7.40. The topological polar surface area (TPSA) is 36.4 Å². The van der Waals surface area contributed by atoms with Gasteiger partial charge in [0.1, 0.15) is 15.7 Å². The fourth-order valence-electron chi connectivity index (χ4n) is 2.93. The van der Waals surface area contributed by atoms with Crippen molar-refractivity contribution >= 4 is 28.8 Å². The number of halogens is 2. The molecule has 2 aromatic rings. The molecule has 0 aliphatic carbocycles. The highest BCUT2D eigenvalue weighted by Gasteiger charge is 2.26. The molecule has 0 radical (unpaired) electrons. The van der Waals surface area contributed by atoms with Crippen molar-refractivity contribution in [1.29, 1.82) is 0 Å². The first-order valence-electron chi connectivity index (χ1n) is 8.33. The average Bonchev–Trinajstić information content (AvgIpc) is 2.98. The molecule has 1 aromatic carbocycles. The van der Waals surface area contributed by atoms with Gasteiger partial charge in [0.15, 0.2) is 0 Å². The summed E-state index contributed by atoms with van der Waals surface area (Å²) in [5.74, 6) is -0.434. The van der Waals surface area contributed by atoms with Crippen LogP contribution in [0.5, 0.6) is 0 Å². The van der Waals surface area contributed by atoms with E-state index in [-0.39, 0.29) is 10.9 Å². The number of thiazole rings is 1. The van der Waals surface area contributed by atoms with Crippen LogP contribution in [0.25, 0.3) is 10.6 Å². The van der Waals surface area contributed by atoms with E-state index in [9.17, 15) is 9.18 Å². The van der Waals surface area contributed by atoms with Crippen LogP contribution in [0.15, 0.2) is 18.2 Å². The number of benzene rings is 1. The maximum Gasteiger partial charge on any atom is 0.265 e. The van der Waals surface area contributed by atoms with Gasteiger partial charge in [-0.15, -0.1) is 11.3 Å². The Labute approximate surface area is 156 Å². The summed E-state index contributed by atoms with van der Waals surface area (Å²) < 4.78 is 13.3. The van der Waals surface area contributed by atoms with Crippen LogP contribution in [0.2, 0.25) is 5.02 Å². The van der Waals surface area contributed by atoms with Crippen molar-refractivity contribution in [3.8, 4) is 10.6 Å². The van der Waals surface area contributed by atoms with Crippen molar-refractivity contribution in [2.45, 2.75) is 26.8 Å². The largest absolute Gasteiger partial charge is 0.335 e. The summed E-state index contributed by atoms with van der Waals surface area (Å²) in [4.78, 5) is 22.3. The van der Waals surface area contributed by atoms with Crippen molar-refractivity contribution in [1.82, 2.24) is 14.8 Å². The Kier molecular flexibility index (Phi) is 5.41. The van der Waals surface area contributed by atoms with Gasteiger partial charge >= 0.3 is 0 Å². The Morgan fingerprint density at radius 2 is 1.96 bits per heavy atom. The van der Waals surface area contributed by atoms with Gasteiger partial charge in [0.25, 0.3) is 5.91 Å². The van der Waals surface area contributed by atoms with Crippen molar-refractivity contribution < 1.29 is 9.18 Å². The van der Waals surface area contributed by atoms with Gasteiger partial charge in [-0.25, -0.2) is 9.37 Å². The molecule has 1 fully saturated rings. The zero-order chi connectivity index (χ0) is 18.1. The van der Waals surface area contributed by atoms with Crippen LogP contribution >= 0.6 is 22.9 Å². The van der Waals surface area contributed by atoms with Crippen LogP contribution < -0.4 is 0 Å². The molecular weight excluding hydrogens is 361 g/mol. The Morgan fingerprint density at radius 3 is 2.56 bits per heavy atom. The van der Waals surface area contributed by atoms with Gasteiger partial charge in [-0.05, 0) is 39.0 Å². The fourth-order valence-corrected chi connectivity index (χ4v) is 4.14. The lowest BCUT2D eigenvalue weighted by Gasteiger charge is -2.36.